The van der Waals surface area contributed by atoms with E-state index in [4.69, 9.17) is 5.11 Å². The quantitative estimate of drug-likeness (QED) is 0.364. The molecule has 0 spiro atoms. The lowest BCUT2D eigenvalue weighted by Crippen LogP contribution is -3.00. The van der Waals surface area contributed by atoms with Crippen molar-refractivity contribution in [3.05, 3.63) is 0 Å². The summed E-state index contributed by atoms with van der Waals surface area (Å²) in [7, 11) is 0. The lowest BCUT2D eigenvalue weighted by molar-refractivity contribution is -0.00000856. The Morgan fingerprint density at radius 2 is 1.33 bits per heavy atom. The molecule has 0 aliphatic heterocycles. The molecule has 6 heavy (non-hydrogen) atoms. The van der Waals surface area contributed by atoms with Crippen molar-refractivity contribution in [1.29, 1.82) is 0 Å². The Bertz CT molecular complexity index is 27.2. The van der Waals surface area contributed by atoms with Crippen LogP contribution in [-0.4, -0.2) is 10.7 Å². The van der Waals surface area contributed by atoms with Crippen molar-refractivity contribution in [3.63, 3.8) is 0 Å². The zero-order chi connectivity index (χ0) is 4.50. The molecule has 0 amide bonds. The number of aliphatic hydroxyl groups is 1. The Kier molecular flexibility index (Phi) is 3.31. The summed E-state index contributed by atoms with van der Waals surface area (Å²) < 4.78 is 0. The Morgan fingerprint density at radius 3 is 1.33 bits per heavy atom. The Labute approximate surface area is 38.8 Å². The van der Waals surface area contributed by atoms with Crippen molar-refractivity contribution in [2.45, 2.75) is 26.4 Å². The first-order chi connectivity index (χ1) is 2.00. The summed E-state index contributed by atoms with van der Waals surface area (Å²) in [4.78, 5) is 0. The lowest BCUT2D eigenvalue weighted by atomic mass is 10.2. The molecule has 0 aromatic heterocycles. The predicted octanol–water partition coefficient (Wildman–Crippen LogP) is -2.11. The third-order valence-corrected chi connectivity index (χ3v) is 0. The Morgan fingerprint density at radius 1 is 1.33 bits per heavy atom. The smallest absolute Gasteiger partial charge is 1.00 e. The standard InChI is InChI=1S/C4H10O.FH/c1-4(2,3)5;/h5H,1-3H3;1H. The van der Waals surface area contributed by atoms with E-state index in [9.17, 15) is 0 Å². The first kappa shape index (κ1) is 9.31. The molecule has 2 heteroatoms. The van der Waals surface area contributed by atoms with Gasteiger partial charge in [-0.3, -0.25) is 0 Å². The lowest BCUT2D eigenvalue weighted by Gasteiger charge is -2.04. The minimum Gasteiger partial charge on any atom is -1.00 e. The van der Waals surface area contributed by atoms with Crippen molar-refractivity contribution in [1.82, 2.24) is 0 Å². The van der Waals surface area contributed by atoms with E-state index < -0.39 is 5.60 Å². The van der Waals surface area contributed by atoms with Gasteiger partial charge in [0.05, 0.1) is 5.60 Å². The summed E-state index contributed by atoms with van der Waals surface area (Å²) in [6, 6.07) is 0. The molecule has 0 aromatic rings. The van der Waals surface area contributed by atoms with E-state index in [1.165, 1.54) is 0 Å². The molecular formula is C4H11FO. The summed E-state index contributed by atoms with van der Waals surface area (Å²) in [5.74, 6) is 0. The van der Waals surface area contributed by atoms with Crippen LogP contribution >= 0.6 is 0 Å². The van der Waals surface area contributed by atoms with E-state index in [2.05, 4.69) is 0 Å². The number of hydrogen-bond donors (Lipinski definition) is 1. The van der Waals surface area contributed by atoms with E-state index in [0.29, 0.717) is 0 Å². The van der Waals surface area contributed by atoms with Gasteiger partial charge >= 0.3 is 1.43 Å². The third kappa shape index (κ3) is 2690. The van der Waals surface area contributed by atoms with Gasteiger partial charge in [-0.05, 0) is 20.8 Å². The largest absolute Gasteiger partial charge is 1.00 e. The molecule has 0 saturated carbocycles. The first-order valence-electron chi connectivity index (χ1n) is 1.72. The molecule has 0 atom stereocenters. The van der Waals surface area contributed by atoms with Crippen LogP contribution in [0.3, 0.4) is 0 Å². The zero-order valence-corrected chi connectivity index (χ0v) is 4.33. The summed E-state index contributed by atoms with van der Waals surface area (Å²) in [5, 5.41) is 8.52. The molecule has 0 heterocycles. The predicted molar refractivity (Wildman–Crippen MR) is 23.1 cm³/mol. The van der Waals surface area contributed by atoms with Gasteiger partial charge in [0, 0.05) is 0 Å². The average Bonchev–Trinajstić information content (AvgIpc) is 0.722. The van der Waals surface area contributed by atoms with Crippen molar-refractivity contribution < 1.29 is 11.2 Å². The van der Waals surface area contributed by atoms with Gasteiger partial charge in [-0.15, -0.1) is 0 Å². The van der Waals surface area contributed by atoms with Gasteiger partial charge in [-0.2, -0.15) is 0 Å². The van der Waals surface area contributed by atoms with Gasteiger partial charge in [-0.25, -0.2) is 0 Å². The number of hydrogen-bond acceptors (Lipinski definition) is 1. The second kappa shape index (κ2) is 2.13. The fraction of sp³-hybridized carbons (Fsp3) is 1.00. The third-order valence-electron chi connectivity index (χ3n) is 0. The van der Waals surface area contributed by atoms with Crippen LogP contribution in [0.4, 0.5) is 0 Å². The SMILES string of the molecule is CC(C)(C)O.[F-].[H+]. The summed E-state index contributed by atoms with van der Waals surface area (Å²) in [6.45, 7) is 5.23. The molecule has 1 N–H and O–H groups in total. The fourth-order valence-electron chi connectivity index (χ4n) is 0. The van der Waals surface area contributed by atoms with Crippen LogP contribution in [0.2, 0.25) is 0 Å². The fourth-order valence-corrected chi connectivity index (χ4v) is 0. The van der Waals surface area contributed by atoms with Crippen molar-refractivity contribution in [2.24, 2.45) is 0 Å². The molecule has 0 saturated heterocycles. The van der Waals surface area contributed by atoms with Crippen LogP contribution in [0, 0.1) is 0 Å². The van der Waals surface area contributed by atoms with E-state index in [1.54, 1.807) is 20.8 Å². The maximum absolute atomic E-state index is 8.52. The van der Waals surface area contributed by atoms with Gasteiger partial charge in [-0.1, -0.05) is 0 Å². The highest BCUT2D eigenvalue weighted by Gasteiger charge is 1.97. The molecule has 0 aliphatic carbocycles. The van der Waals surface area contributed by atoms with E-state index in [1.807, 2.05) is 0 Å². The van der Waals surface area contributed by atoms with Crippen molar-refractivity contribution in [2.75, 3.05) is 0 Å². The summed E-state index contributed by atoms with van der Waals surface area (Å²) in [5.41, 5.74) is -0.500. The van der Waals surface area contributed by atoms with E-state index in [-0.39, 0.29) is 6.13 Å². The van der Waals surface area contributed by atoms with Crippen molar-refractivity contribution >= 4 is 0 Å². The molecule has 0 unspecified atom stereocenters. The second-order valence-electron chi connectivity index (χ2n) is 2.17. The zero-order valence-electron chi connectivity index (χ0n) is 5.33. The normalized spacial score (nSPS) is 10.0. The molecule has 0 rings (SSSR count). The highest BCUT2D eigenvalue weighted by molar-refractivity contribution is 4.50. The second-order valence-corrected chi connectivity index (χ2v) is 2.17. The maximum atomic E-state index is 8.52. The van der Waals surface area contributed by atoms with Crippen LogP contribution in [0.15, 0.2) is 0 Å². The molecule has 0 radical (unpaired) electrons. The van der Waals surface area contributed by atoms with Gasteiger partial charge in [0.1, 0.15) is 0 Å². The van der Waals surface area contributed by atoms with Crippen molar-refractivity contribution in [3.8, 4) is 0 Å². The van der Waals surface area contributed by atoms with E-state index in [0.717, 1.165) is 0 Å². The Balaban J connectivity index is -0.0000000800. The molecule has 0 aliphatic rings. The summed E-state index contributed by atoms with van der Waals surface area (Å²) >= 11 is 0. The molecule has 40 valence electrons. The van der Waals surface area contributed by atoms with Crippen LogP contribution in [0.5, 0.6) is 0 Å². The van der Waals surface area contributed by atoms with E-state index >= 15 is 0 Å². The molecule has 0 fully saturated rings. The van der Waals surface area contributed by atoms with Gasteiger partial charge in [0.2, 0.25) is 0 Å². The van der Waals surface area contributed by atoms with Crippen LogP contribution in [-0.2, 0) is 0 Å². The average molecular weight is 94.1 g/mol. The van der Waals surface area contributed by atoms with Gasteiger partial charge in [0.15, 0.2) is 0 Å². The summed E-state index contributed by atoms with van der Waals surface area (Å²) in [6.07, 6.45) is 0. The number of rotatable bonds is 0. The first-order valence-corrected chi connectivity index (χ1v) is 1.72. The number of halogens is 1. The minimum absolute atomic E-state index is 0. The van der Waals surface area contributed by atoms with Crippen LogP contribution < -0.4 is 4.70 Å². The Hall–Kier alpha value is -0.110. The maximum Gasteiger partial charge on any atom is 1.00 e. The molecular weight excluding hydrogens is 83.0 g/mol. The van der Waals surface area contributed by atoms with Crippen LogP contribution in [0.25, 0.3) is 0 Å². The highest BCUT2D eigenvalue weighted by Crippen LogP contribution is 1.93. The monoisotopic (exact) mass is 94.1 g/mol. The highest BCUT2D eigenvalue weighted by atomic mass is 19.0. The minimum atomic E-state index is -0.500. The molecule has 0 bridgehead atoms. The van der Waals surface area contributed by atoms with Gasteiger partial charge < -0.3 is 9.81 Å². The molecule has 0 aromatic carbocycles. The van der Waals surface area contributed by atoms with Crippen LogP contribution in [0.1, 0.15) is 22.2 Å². The molecule has 1 nitrogen and oxygen atoms in total. The van der Waals surface area contributed by atoms with Gasteiger partial charge in [0.25, 0.3) is 0 Å². The topological polar surface area (TPSA) is 20.2 Å².